The Hall–Kier alpha value is -2.18. The summed E-state index contributed by atoms with van der Waals surface area (Å²) >= 11 is 5.58. The molecule has 0 aliphatic rings. The molecule has 21 heavy (non-hydrogen) atoms. The van der Waals surface area contributed by atoms with Crippen LogP contribution in [0.4, 0.5) is 4.39 Å². The third-order valence-corrected chi connectivity index (χ3v) is 2.92. The van der Waals surface area contributed by atoms with Gasteiger partial charge in [-0.2, -0.15) is 0 Å². The maximum absolute atomic E-state index is 12.9. The fourth-order valence-corrected chi connectivity index (χ4v) is 1.80. The van der Waals surface area contributed by atoms with E-state index in [-0.39, 0.29) is 11.7 Å². The van der Waals surface area contributed by atoms with Crippen LogP contribution in [-0.4, -0.2) is 13.0 Å². The van der Waals surface area contributed by atoms with Gasteiger partial charge in [-0.25, -0.2) is 4.39 Å². The first-order chi connectivity index (χ1) is 10.2. The molecular weight excluding hydrogens is 291 g/mol. The normalized spacial score (nSPS) is 9.67. The summed E-state index contributed by atoms with van der Waals surface area (Å²) in [5.74, 6) is 7.04. The van der Waals surface area contributed by atoms with Crippen LogP contribution in [0.5, 0.6) is 11.5 Å². The molecule has 2 aromatic rings. The minimum Gasteiger partial charge on any atom is -0.497 e. The van der Waals surface area contributed by atoms with Gasteiger partial charge in [0.1, 0.15) is 23.9 Å². The van der Waals surface area contributed by atoms with Crippen LogP contribution in [0.1, 0.15) is 11.1 Å². The van der Waals surface area contributed by atoms with Crippen molar-refractivity contribution in [2.45, 2.75) is 6.61 Å². The Balaban J connectivity index is 2.16. The Morgan fingerprint density at radius 2 is 1.90 bits per heavy atom. The first-order valence-electron chi connectivity index (χ1n) is 6.33. The summed E-state index contributed by atoms with van der Waals surface area (Å²) in [7, 11) is 1.59. The number of methoxy groups -OCH3 is 1. The highest BCUT2D eigenvalue weighted by Gasteiger charge is 2.04. The van der Waals surface area contributed by atoms with Gasteiger partial charge in [0.2, 0.25) is 0 Å². The summed E-state index contributed by atoms with van der Waals surface area (Å²) in [6, 6.07) is 11.6. The molecule has 0 aliphatic carbocycles. The lowest BCUT2D eigenvalue weighted by Crippen LogP contribution is -1.98. The van der Waals surface area contributed by atoms with Crippen molar-refractivity contribution < 1.29 is 13.9 Å². The van der Waals surface area contributed by atoms with E-state index in [0.29, 0.717) is 23.7 Å². The Bertz CT molecular complexity index is 657. The van der Waals surface area contributed by atoms with Gasteiger partial charge in [0.15, 0.2) is 0 Å². The fraction of sp³-hybridized carbons (Fsp3) is 0.176. The molecule has 0 bridgehead atoms. The maximum atomic E-state index is 12.9. The van der Waals surface area contributed by atoms with E-state index in [2.05, 4.69) is 11.8 Å². The monoisotopic (exact) mass is 304 g/mol. The van der Waals surface area contributed by atoms with E-state index >= 15 is 0 Å². The Kier molecular flexibility index (Phi) is 5.48. The number of rotatable bonds is 4. The van der Waals surface area contributed by atoms with Crippen molar-refractivity contribution in [3.63, 3.8) is 0 Å². The number of alkyl halides is 1. The molecule has 4 heteroatoms. The zero-order valence-corrected chi connectivity index (χ0v) is 12.3. The van der Waals surface area contributed by atoms with E-state index in [0.717, 1.165) is 5.56 Å². The molecule has 0 unspecified atom stereocenters. The average Bonchev–Trinajstić information content (AvgIpc) is 2.52. The second-order valence-corrected chi connectivity index (χ2v) is 4.48. The second kappa shape index (κ2) is 7.56. The van der Waals surface area contributed by atoms with Crippen molar-refractivity contribution in [2.75, 3.05) is 13.0 Å². The molecule has 0 radical (unpaired) electrons. The smallest absolute Gasteiger partial charge is 0.135 e. The maximum Gasteiger partial charge on any atom is 0.135 e. The molecule has 2 nitrogen and oxygen atoms in total. The summed E-state index contributed by atoms with van der Waals surface area (Å²) in [5, 5.41) is 0. The Labute approximate surface area is 128 Å². The predicted molar refractivity (Wildman–Crippen MR) is 81.3 cm³/mol. The lowest BCUT2D eigenvalue weighted by atomic mass is 10.2. The van der Waals surface area contributed by atoms with Gasteiger partial charge >= 0.3 is 0 Å². The van der Waals surface area contributed by atoms with Crippen LogP contribution in [0.15, 0.2) is 42.5 Å². The van der Waals surface area contributed by atoms with E-state index in [4.69, 9.17) is 21.1 Å². The molecule has 0 amide bonds. The number of benzene rings is 2. The molecule has 0 saturated heterocycles. The largest absolute Gasteiger partial charge is 0.497 e. The van der Waals surface area contributed by atoms with E-state index in [1.165, 1.54) is 12.1 Å². The number of hydrogen-bond acceptors (Lipinski definition) is 2. The summed E-state index contributed by atoms with van der Waals surface area (Å²) in [5.41, 5.74) is 1.58. The van der Waals surface area contributed by atoms with E-state index in [1.807, 2.05) is 0 Å². The molecule has 0 aliphatic heterocycles. The minimum atomic E-state index is -0.267. The standard InChI is InChI=1S/C17H14ClFO2/c1-20-16-8-9-17(14(11-16)3-2-10-18)21-12-13-4-6-15(19)7-5-13/h4-9,11H,10,12H2,1H3. The van der Waals surface area contributed by atoms with E-state index < -0.39 is 0 Å². The van der Waals surface area contributed by atoms with Gasteiger partial charge in [-0.1, -0.05) is 24.0 Å². The van der Waals surface area contributed by atoms with Gasteiger partial charge in [-0.3, -0.25) is 0 Å². The lowest BCUT2D eigenvalue weighted by molar-refractivity contribution is 0.304. The van der Waals surface area contributed by atoms with E-state index in [9.17, 15) is 4.39 Å². The van der Waals surface area contributed by atoms with Crippen LogP contribution >= 0.6 is 11.6 Å². The zero-order chi connectivity index (χ0) is 15.1. The van der Waals surface area contributed by atoms with Crippen molar-refractivity contribution in [3.8, 4) is 23.3 Å². The molecule has 108 valence electrons. The summed E-state index contributed by atoms with van der Waals surface area (Å²) < 4.78 is 23.8. The summed E-state index contributed by atoms with van der Waals surface area (Å²) in [6.45, 7) is 0.335. The van der Waals surface area contributed by atoms with Gasteiger partial charge in [-0.05, 0) is 35.9 Å². The average molecular weight is 305 g/mol. The highest BCUT2D eigenvalue weighted by Crippen LogP contribution is 2.24. The molecule has 2 rings (SSSR count). The molecule has 0 aromatic heterocycles. The molecular formula is C17H14ClFO2. The van der Waals surface area contributed by atoms with Crippen LogP contribution < -0.4 is 9.47 Å². The van der Waals surface area contributed by atoms with Gasteiger partial charge < -0.3 is 9.47 Å². The third-order valence-electron chi connectivity index (χ3n) is 2.78. The van der Waals surface area contributed by atoms with Crippen LogP contribution in [0.2, 0.25) is 0 Å². The number of ether oxygens (including phenoxy) is 2. The predicted octanol–water partition coefficient (Wildman–Crippen LogP) is 4.00. The van der Waals surface area contributed by atoms with E-state index in [1.54, 1.807) is 37.4 Å². The van der Waals surface area contributed by atoms with Crippen LogP contribution in [0.25, 0.3) is 0 Å². The third kappa shape index (κ3) is 4.40. The molecule has 0 heterocycles. The fourth-order valence-electron chi connectivity index (χ4n) is 1.73. The topological polar surface area (TPSA) is 18.5 Å². The minimum absolute atomic E-state index is 0.245. The second-order valence-electron chi connectivity index (χ2n) is 4.21. The van der Waals surface area contributed by atoms with Crippen molar-refractivity contribution >= 4 is 11.6 Å². The van der Waals surface area contributed by atoms with Crippen LogP contribution in [0, 0.1) is 17.7 Å². The zero-order valence-electron chi connectivity index (χ0n) is 11.5. The first-order valence-corrected chi connectivity index (χ1v) is 6.86. The molecule has 0 spiro atoms. The number of halogens is 2. The van der Waals surface area contributed by atoms with Gasteiger partial charge in [-0.15, -0.1) is 11.6 Å². The molecule has 2 aromatic carbocycles. The summed E-state index contributed by atoms with van der Waals surface area (Å²) in [4.78, 5) is 0. The highest BCUT2D eigenvalue weighted by atomic mass is 35.5. The molecule has 0 fully saturated rings. The van der Waals surface area contributed by atoms with Crippen molar-refractivity contribution in [1.29, 1.82) is 0 Å². The van der Waals surface area contributed by atoms with Crippen molar-refractivity contribution in [3.05, 3.63) is 59.4 Å². The molecule has 0 N–H and O–H groups in total. The van der Waals surface area contributed by atoms with Crippen LogP contribution in [0.3, 0.4) is 0 Å². The van der Waals surface area contributed by atoms with Gasteiger partial charge in [0.25, 0.3) is 0 Å². The molecule has 0 saturated carbocycles. The van der Waals surface area contributed by atoms with Gasteiger partial charge in [0, 0.05) is 0 Å². The quantitative estimate of drug-likeness (QED) is 0.628. The van der Waals surface area contributed by atoms with Crippen LogP contribution in [-0.2, 0) is 6.61 Å². The van der Waals surface area contributed by atoms with Gasteiger partial charge in [0.05, 0.1) is 18.6 Å². The lowest BCUT2D eigenvalue weighted by Gasteiger charge is -2.10. The number of hydrogen-bond donors (Lipinski definition) is 0. The summed E-state index contributed by atoms with van der Waals surface area (Å²) in [6.07, 6.45) is 0. The molecule has 0 atom stereocenters. The Morgan fingerprint density at radius 1 is 1.14 bits per heavy atom. The Morgan fingerprint density at radius 3 is 2.57 bits per heavy atom. The van der Waals surface area contributed by atoms with Crippen molar-refractivity contribution in [2.24, 2.45) is 0 Å². The SMILES string of the molecule is COc1ccc(OCc2ccc(F)cc2)c(C#CCCl)c1. The highest BCUT2D eigenvalue weighted by molar-refractivity contribution is 6.19. The first kappa shape index (κ1) is 15.2. The van der Waals surface area contributed by atoms with Crippen molar-refractivity contribution in [1.82, 2.24) is 0 Å².